The topological polar surface area (TPSA) is 114 Å². The lowest BCUT2D eigenvalue weighted by molar-refractivity contribution is -0.160. The lowest BCUT2D eigenvalue weighted by atomic mass is 9.90. The van der Waals surface area contributed by atoms with E-state index in [0.717, 1.165) is 0 Å². The number of benzene rings is 1. The molecule has 0 unspecified atom stereocenters. The number of rotatable bonds is 4. The number of hydrogen-bond donors (Lipinski definition) is 1. The number of carbonyl (C=O) groups is 2. The maximum atomic E-state index is 12.5. The number of azo groups is 2. The van der Waals surface area contributed by atoms with Crippen LogP contribution in [-0.4, -0.2) is 43.9 Å². The summed E-state index contributed by atoms with van der Waals surface area (Å²) in [5.74, 6) is -3.34. The number of nitrogens with zero attached hydrogens (tertiary/aromatic N) is 4. The predicted octanol–water partition coefficient (Wildman–Crippen LogP) is 1.42. The number of methoxy groups -OCH3 is 2. The molecule has 2 bridgehead atoms. The molecule has 3 aliphatic heterocycles. The van der Waals surface area contributed by atoms with E-state index in [1.54, 1.807) is 30.5 Å². The molecule has 1 aromatic carbocycles. The average Bonchev–Trinajstić information content (AvgIpc) is 2.67. The molecule has 1 N–H and O–H groups in total. The summed E-state index contributed by atoms with van der Waals surface area (Å²) in [6, 6.07) is 9.04. The molecule has 0 spiro atoms. The van der Waals surface area contributed by atoms with Crippen LogP contribution in [0.2, 0.25) is 0 Å². The first-order chi connectivity index (χ1) is 11.5. The van der Waals surface area contributed by atoms with Crippen LogP contribution >= 0.6 is 11.8 Å². The molecule has 0 amide bonds. The van der Waals surface area contributed by atoms with Crippen molar-refractivity contribution < 1.29 is 19.1 Å². The summed E-state index contributed by atoms with van der Waals surface area (Å²) >= 11 is 1.25. The van der Waals surface area contributed by atoms with E-state index in [0.29, 0.717) is 5.56 Å². The molecule has 4 rings (SSSR count). The van der Waals surface area contributed by atoms with Crippen molar-refractivity contribution in [1.29, 1.82) is 0 Å². The third-order valence-corrected chi connectivity index (χ3v) is 5.18. The number of esters is 2. The molecular weight excluding hydrogens is 334 g/mol. The average molecular weight is 349 g/mol. The van der Waals surface area contributed by atoms with Crippen molar-refractivity contribution in [2.45, 2.75) is 16.3 Å². The standard InChI is InChI=1S/C14H15N5O4S/c1-22-10(20)12-13(24-3,9-7-5-4-6-8-9)15-14(18-16-12,19-17-12)11(21)23-2/h4-8,15H,1-3H3/t12?,13-,14?/m0/s1. The van der Waals surface area contributed by atoms with E-state index >= 15 is 0 Å². The zero-order chi connectivity index (χ0) is 17.4. The Morgan fingerprint density at radius 3 is 2.08 bits per heavy atom. The molecule has 0 fully saturated rings. The monoisotopic (exact) mass is 349 g/mol. The summed E-state index contributed by atoms with van der Waals surface area (Å²) in [6.45, 7) is 0. The van der Waals surface area contributed by atoms with Crippen molar-refractivity contribution in [2.75, 3.05) is 20.5 Å². The van der Waals surface area contributed by atoms with Gasteiger partial charge in [-0.2, -0.15) is 0 Å². The SMILES string of the molecule is COC(=O)C12N=NC(C(=O)OC)(N=N1)[C@@](SC)(c1ccccc1)N2. The van der Waals surface area contributed by atoms with Gasteiger partial charge in [0.1, 0.15) is 0 Å². The summed E-state index contributed by atoms with van der Waals surface area (Å²) in [5, 5.41) is 18.9. The van der Waals surface area contributed by atoms with Gasteiger partial charge in [-0.1, -0.05) is 30.3 Å². The van der Waals surface area contributed by atoms with Gasteiger partial charge in [0, 0.05) is 0 Å². The van der Waals surface area contributed by atoms with Crippen molar-refractivity contribution in [2.24, 2.45) is 20.5 Å². The second kappa shape index (κ2) is 5.64. The summed E-state index contributed by atoms with van der Waals surface area (Å²) in [6.07, 6.45) is 1.77. The van der Waals surface area contributed by atoms with Gasteiger partial charge in [-0.15, -0.1) is 32.2 Å². The molecule has 10 heteroatoms. The van der Waals surface area contributed by atoms with Gasteiger partial charge in [-0.3, -0.25) is 0 Å². The number of thioether (sulfide) groups is 1. The van der Waals surface area contributed by atoms with E-state index in [1.165, 1.54) is 26.0 Å². The molecule has 3 heterocycles. The molecule has 1 atom stereocenters. The Labute approximate surface area is 141 Å². The van der Waals surface area contributed by atoms with Crippen LogP contribution in [0, 0.1) is 0 Å². The number of ether oxygens (including phenoxy) is 2. The Morgan fingerprint density at radius 2 is 1.58 bits per heavy atom. The van der Waals surface area contributed by atoms with Crippen LogP contribution in [0.1, 0.15) is 5.56 Å². The van der Waals surface area contributed by atoms with Crippen molar-refractivity contribution in [1.82, 2.24) is 5.32 Å². The summed E-state index contributed by atoms with van der Waals surface area (Å²) in [7, 11) is 2.44. The van der Waals surface area contributed by atoms with Gasteiger partial charge in [0.05, 0.1) is 14.2 Å². The molecule has 24 heavy (non-hydrogen) atoms. The second-order valence-corrected chi connectivity index (χ2v) is 6.12. The van der Waals surface area contributed by atoms with E-state index in [-0.39, 0.29) is 0 Å². The third kappa shape index (κ3) is 1.93. The van der Waals surface area contributed by atoms with Gasteiger partial charge in [0.15, 0.2) is 4.87 Å². The van der Waals surface area contributed by atoms with Crippen molar-refractivity contribution in [3.63, 3.8) is 0 Å². The van der Waals surface area contributed by atoms with Gasteiger partial charge < -0.3 is 9.47 Å². The highest BCUT2D eigenvalue weighted by Gasteiger charge is 2.71. The Morgan fingerprint density at radius 1 is 1.00 bits per heavy atom. The van der Waals surface area contributed by atoms with Crippen LogP contribution in [0.3, 0.4) is 0 Å². The van der Waals surface area contributed by atoms with Crippen LogP contribution in [0.5, 0.6) is 0 Å². The fourth-order valence-electron chi connectivity index (χ4n) is 2.75. The highest BCUT2D eigenvalue weighted by molar-refractivity contribution is 7.99. The van der Waals surface area contributed by atoms with Gasteiger partial charge in [-0.05, 0) is 11.8 Å². The van der Waals surface area contributed by atoms with Crippen molar-refractivity contribution >= 4 is 23.7 Å². The summed E-state index contributed by atoms with van der Waals surface area (Å²) < 4.78 is 9.66. The fourth-order valence-corrected chi connectivity index (χ4v) is 3.82. The van der Waals surface area contributed by atoms with Crippen molar-refractivity contribution in [3.05, 3.63) is 35.9 Å². The van der Waals surface area contributed by atoms with E-state index in [2.05, 4.69) is 25.8 Å². The van der Waals surface area contributed by atoms with E-state index in [9.17, 15) is 9.59 Å². The van der Waals surface area contributed by atoms with E-state index < -0.39 is 28.3 Å². The highest BCUT2D eigenvalue weighted by atomic mass is 32.2. The fraction of sp³-hybridized carbons (Fsp3) is 0.429. The number of fused-ring (bicyclic) bond motifs is 1. The molecule has 126 valence electrons. The third-order valence-electron chi connectivity index (χ3n) is 3.95. The molecule has 0 aromatic heterocycles. The largest absolute Gasteiger partial charge is 0.466 e. The molecule has 0 saturated heterocycles. The van der Waals surface area contributed by atoms with Gasteiger partial charge in [-0.25, -0.2) is 14.9 Å². The highest BCUT2D eigenvalue weighted by Crippen LogP contribution is 2.53. The first-order valence-corrected chi connectivity index (χ1v) is 8.18. The smallest absolute Gasteiger partial charge is 0.376 e. The molecule has 0 aliphatic carbocycles. The number of hydrogen-bond acceptors (Lipinski definition) is 10. The van der Waals surface area contributed by atoms with Crippen molar-refractivity contribution in [3.8, 4) is 0 Å². The summed E-state index contributed by atoms with van der Waals surface area (Å²) in [5.41, 5.74) is -1.10. The molecule has 0 saturated carbocycles. The zero-order valence-electron chi connectivity index (χ0n) is 13.2. The first kappa shape index (κ1) is 16.5. The molecule has 1 aromatic rings. The lowest BCUT2D eigenvalue weighted by Crippen LogP contribution is -2.73. The van der Waals surface area contributed by atoms with Gasteiger partial charge in [0.2, 0.25) is 0 Å². The Balaban J connectivity index is 2.27. The van der Waals surface area contributed by atoms with Crippen LogP contribution in [0.4, 0.5) is 0 Å². The van der Waals surface area contributed by atoms with E-state index in [4.69, 9.17) is 9.47 Å². The lowest BCUT2D eigenvalue weighted by Gasteiger charge is -2.50. The minimum absolute atomic E-state index is 0.675. The zero-order valence-corrected chi connectivity index (χ0v) is 14.0. The summed E-state index contributed by atoms with van der Waals surface area (Å²) in [4.78, 5) is 23.5. The maximum absolute atomic E-state index is 12.5. The Hall–Kier alpha value is -2.33. The molecule has 0 radical (unpaired) electrons. The van der Waals surface area contributed by atoms with Crippen LogP contribution in [-0.2, 0) is 23.9 Å². The molecule has 3 aliphatic rings. The predicted molar refractivity (Wildman–Crippen MR) is 84.0 cm³/mol. The quantitative estimate of drug-likeness (QED) is 0.822. The van der Waals surface area contributed by atoms with Gasteiger partial charge in [0.25, 0.3) is 0 Å². The number of carbonyl (C=O) groups excluding carboxylic acids is 2. The minimum atomic E-state index is -1.83. The molecule has 9 nitrogen and oxygen atoms in total. The Bertz CT molecular complexity index is 724. The van der Waals surface area contributed by atoms with Crippen LogP contribution < -0.4 is 5.32 Å². The van der Waals surface area contributed by atoms with Crippen LogP contribution in [0.15, 0.2) is 50.8 Å². The normalized spacial score (nSPS) is 33.3. The minimum Gasteiger partial charge on any atom is -0.466 e. The van der Waals surface area contributed by atoms with Gasteiger partial charge >= 0.3 is 23.4 Å². The maximum Gasteiger partial charge on any atom is 0.376 e. The van der Waals surface area contributed by atoms with E-state index in [1.807, 2.05) is 6.07 Å². The second-order valence-electron chi connectivity index (χ2n) is 5.10. The first-order valence-electron chi connectivity index (χ1n) is 6.95. The number of nitrogens with one attached hydrogen (secondary N) is 1. The molecular formula is C14H15N5O4S. The van der Waals surface area contributed by atoms with Crippen LogP contribution in [0.25, 0.3) is 0 Å². The Kier molecular flexibility index (Phi) is 3.88.